The molecule has 3 rings (SSSR count). The molecule has 116 valence electrons. The van der Waals surface area contributed by atoms with Gasteiger partial charge in [-0.3, -0.25) is 14.8 Å². The van der Waals surface area contributed by atoms with Crippen LogP contribution in [0.25, 0.3) is 11.3 Å². The molecule has 0 unspecified atom stereocenters. The Morgan fingerprint density at radius 2 is 2.00 bits per heavy atom. The average Bonchev–Trinajstić information content (AvgIpc) is 3.04. The van der Waals surface area contributed by atoms with E-state index < -0.39 is 0 Å². The van der Waals surface area contributed by atoms with Crippen LogP contribution in [0.4, 0.5) is 0 Å². The van der Waals surface area contributed by atoms with Gasteiger partial charge in [-0.2, -0.15) is 0 Å². The van der Waals surface area contributed by atoms with E-state index in [9.17, 15) is 4.79 Å². The van der Waals surface area contributed by atoms with Crippen LogP contribution in [0.3, 0.4) is 0 Å². The Bertz CT molecular complexity index is 787. The third-order valence-electron chi connectivity index (χ3n) is 3.11. The monoisotopic (exact) mass is 328 g/mol. The van der Waals surface area contributed by atoms with Gasteiger partial charge in [0.1, 0.15) is 5.69 Å². The number of carbonyl (C=O) groups is 1. The topological polar surface area (TPSA) is 80.9 Å². The molecule has 0 aliphatic carbocycles. The second kappa shape index (κ2) is 7.02. The van der Waals surface area contributed by atoms with Crippen LogP contribution in [-0.2, 0) is 17.8 Å². The van der Waals surface area contributed by atoms with Crippen molar-refractivity contribution in [2.45, 2.75) is 13.0 Å². The summed E-state index contributed by atoms with van der Waals surface area (Å²) in [4.78, 5) is 19.8. The van der Waals surface area contributed by atoms with Crippen molar-refractivity contribution in [3.63, 3.8) is 0 Å². The quantitative estimate of drug-likeness (QED) is 0.778. The minimum absolute atomic E-state index is 0.151. The lowest BCUT2D eigenvalue weighted by atomic mass is 10.1. The maximum Gasteiger partial charge on any atom is 0.226 e. The van der Waals surface area contributed by atoms with E-state index in [-0.39, 0.29) is 18.9 Å². The lowest BCUT2D eigenvalue weighted by Gasteiger charge is -2.01. The Morgan fingerprint density at radius 1 is 1.17 bits per heavy atom. The van der Waals surface area contributed by atoms with Crippen molar-refractivity contribution in [2.24, 2.45) is 0 Å². The van der Waals surface area contributed by atoms with Crippen molar-refractivity contribution in [3.05, 3.63) is 65.3 Å². The lowest BCUT2D eigenvalue weighted by Crippen LogP contribution is -2.25. The number of amides is 1. The van der Waals surface area contributed by atoms with Crippen LogP contribution in [0.1, 0.15) is 11.4 Å². The summed E-state index contributed by atoms with van der Waals surface area (Å²) in [6.45, 7) is 0.288. The fourth-order valence-electron chi connectivity index (χ4n) is 1.98. The number of hydrogen-bond donors (Lipinski definition) is 1. The number of halogens is 1. The van der Waals surface area contributed by atoms with Crippen LogP contribution in [0.5, 0.6) is 0 Å². The van der Waals surface area contributed by atoms with Gasteiger partial charge in [-0.25, -0.2) is 0 Å². The van der Waals surface area contributed by atoms with Crippen LogP contribution in [-0.4, -0.2) is 21.0 Å². The molecule has 7 heteroatoms. The van der Waals surface area contributed by atoms with E-state index in [4.69, 9.17) is 16.1 Å². The zero-order chi connectivity index (χ0) is 16.1. The van der Waals surface area contributed by atoms with E-state index in [1.165, 1.54) is 0 Å². The molecule has 0 atom stereocenters. The van der Waals surface area contributed by atoms with Gasteiger partial charge in [0.2, 0.25) is 5.91 Å². The second-order valence-electron chi connectivity index (χ2n) is 4.84. The summed E-state index contributed by atoms with van der Waals surface area (Å²) in [5.74, 6) is 0.474. The Morgan fingerprint density at radius 3 is 2.74 bits per heavy atom. The largest absolute Gasteiger partial charge is 0.356 e. The Balaban J connectivity index is 1.57. The van der Waals surface area contributed by atoms with Crippen molar-refractivity contribution in [1.82, 2.24) is 20.4 Å². The standard InChI is InChI=1S/C16H13ClN4O2/c17-12-3-1-11(2-4-12)15-7-14(21-23-15)10-20-16(22)8-13-9-18-5-6-19-13/h1-7,9H,8,10H2,(H,20,22). The minimum Gasteiger partial charge on any atom is -0.356 e. The van der Waals surface area contributed by atoms with Gasteiger partial charge in [-0.05, 0) is 24.3 Å². The van der Waals surface area contributed by atoms with Gasteiger partial charge in [0.15, 0.2) is 5.76 Å². The van der Waals surface area contributed by atoms with E-state index in [0.717, 1.165) is 5.56 Å². The zero-order valence-corrected chi connectivity index (χ0v) is 12.8. The van der Waals surface area contributed by atoms with E-state index in [1.807, 2.05) is 12.1 Å². The Kier molecular flexibility index (Phi) is 4.63. The fraction of sp³-hybridized carbons (Fsp3) is 0.125. The van der Waals surface area contributed by atoms with Gasteiger partial charge in [0, 0.05) is 35.2 Å². The summed E-state index contributed by atoms with van der Waals surface area (Å²) in [7, 11) is 0. The SMILES string of the molecule is O=C(Cc1cnccn1)NCc1cc(-c2ccc(Cl)cc2)on1. The summed E-state index contributed by atoms with van der Waals surface area (Å²) >= 11 is 5.85. The fourth-order valence-corrected chi connectivity index (χ4v) is 2.11. The number of carbonyl (C=O) groups excluding carboxylic acids is 1. The summed E-state index contributed by atoms with van der Waals surface area (Å²) in [6, 6.07) is 9.04. The molecule has 0 aliphatic heterocycles. The highest BCUT2D eigenvalue weighted by molar-refractivity contribution is 6.30. The number of hydrogen-bond acceptors (Lipinski definition) is 5. The molecule has 6 nitrogen and oxygen atoms in total. The van der Waals surface area contributed by atoms with Crippen molar-refractivity contribution in [3.8, 4) is 11.3 Å². The first-order chi connectivity index (χ1) is 11.2. The maximum atomic E-state index is 11.8. The summed E-state index contributed by atoms with van der Waals surface area (Å²) < 4.78 is 5.27. The summed E-state index contributed by atoms with van der Waals surface area (Å²) in [5.41, 5.74) is 2.13. The molecule has 0 bridgehead atoms. The predicted octanol–water partition coefficient (Wildman–Crippen LogP) is 2.64. The molecular formula is C16H13ClN4O2. The van der Waals surface area contributed by atoms with Gasteiger partial charge in [-0.1, -0.05) is 16.8 Å². The summed E-state index contributed by atoms with van der Waals surface area (Å²) in [6.07, 6.45) is 4.86. The van der Waals surface area contributed by atoms with Crippen LogP contribution in [0, 0.1) is 0 Å². The summed E-state index contributed by atoms with van der Waals surface area (Å²) in [5, 5.41) is 7.37. The lowest BCUT2D eigenvalue weighted by molar-refractivity contribution is -0.120. The maximum absolute atomic E-state index is 11.8. The van der Waals surface area contributed by atoms with Crippen molar-refractivity contribution < 1.29 is 9.32 Å². The van der Waals surface area contributed by atoms with Crippen molar-refractivity contribution in [2.75, 3.05) is 0 Å². The molecule has 0 saturated heterocycles. The molecule has 2 heterocycles. The van der Waals surface area contributed by atoms with E-state index in [0.29, 0.717) is 22.2 Å². The molecule has 1 aromatic carbocycles. The van der Waals surface area contributed by atoms with Crippen molar-refractivity contribution in [1.29, 1.82) is 0 Å². The first-order valence-electron chi connectivity index (χ1n) is 6.94. The van der Waals surface area contributed by atoms with Gasteiger partial charge in [-0.15, -0.1) is 0 Å². The number of nitrogens with one attached hydrogen (secondary N) is 1. The zero-order valence-electron chi connectivity index (χ0n) is 12.1. The molecule has 1 amide bonds. The van der Waals surface area contributed by atoms with Gasteiger partial charge < -0.3 is 9.84 Å². The molecule has 3 aromatic rings. The van der Waals surface area contributed by atoms with Crippen LogP contribution in [0.2, 0.25) is 5.02 Å². The number of rotatable bonds is 5. The van der Waals surface area contributed by atoms with Crippen molar-refractivity contribution >= 4 is 17.5 Å². The highest BCUT2D eigenvalue weighted by atomic mass is 35.5. The molecule has 0 radical (unpaired) electrons. The first kappa shape index (κ1) is 15.2. The van der Waals surface area contributed by atoms with Gasteiger partial charge in [0.05, 0.1) is 18.7 Å². The third kappa shape index (κ3) is 4.14. The third-order valence-corrected chi connectivity index (χ3v) is 3.36. The minimum atomic E-state index is -0.151. The van der Waals surface area contributed by atoms with Crippen LogP contribution >= 0.6 is 11.6 Å². The highest BCUT2D eigenvalue weighted by Gasteiger charge is 2.09. The van der Waals surface area contributed by atoms with E-state index >= 15 is 0 Å². The molecule has 0 aliphatic rings. The van der Waals surface area contributed by atoms with Gasteiger partial charge in [0.25, 0.3) is 0 Å². The number of benzene rings is 1. The number of aromatic nitrogens is 3. The molecule has 0 saturated carbocycles. The molecule has 0 fully saturated rings. The van der Waals surface area contributed by atoms with Gasteiger partial charge >= 0.3 is 0 Å². The average molecular weight is 329 g/mol. The molecule has 23 heavy (non-hydrogen) atoms. The van der Waals surface area contributed by atoms with E-state index in [1.54, 1.807) is 36.8 Å². The number of nitrogens with zero attached hydrogens (tertiary/aromatic N) is 3. The molecule has 1 N–H and O–H groups in total. The molecular weight excluding hydrogens is 316 g/mol. The predicted molar refractivity (Wildman–Crippen MR) is 84.5 cm³/mol. The smallest absolute Gasteiger partial charge is 0.226 e. The van der Waals surface area contributed by atoms with Crippen LogP contribution < -0.4 is 5.32 Å². The normalized spacial score (nSPS) is 10.5. The molecule has 2 aromatic heterocycles. The van der Waals surface area contributed by atoms with E-state index in [2.05, 4.69) is 20.4 Å². The highest BCUT2D eigenvalue weighted by Crippen LogP contribution is 2.22. The molecule has 0 spiro atoms. The first-order valence-corrected chi connectivity index (χ1v) is 7.31. The Labute approximate surface area is 137 Å². The Hall–Kier alpha value is -2.73. The van der Waals surface area contributed by atoms with Crippen LogP contribution in [0.15, 0.2) is 53.4 Å². The second-order valence-corrected chi connectivity index (χ2v) is 5.28.